The molecule has 0 bridgehead atoms. The number of pyridine rings is 1. The third-order valence-electron chi connectivity index (χ3n) is 3.83. The lowest BCUT2D eigenvalue weighted by Gasteiger charge is -2.11. The van der Waals surface area contributed by atoms with Crippen molar-refractivity contribution in [3.63, 3.8) is 0 Å². The number of halogens is 1. The van der Waals surface area contributed by atoms with Crippen LogP contribution in [0.15, 0.2) is 36.5 Å². The van der Waals surface area contributed by atoms with Crippen molar-refractivity contribution < 1.29 is 13.2 Å². The van der Waals surface area contributed by atoms with Crippen LogP contribution in [0.25, 0.3) is 11.3 Å². The highest BCUT2D eigenvalue weighted by Crippen LogP contribution is 2.39. The van der Waals surface area contributed by atoms with Crippen LogP contribution >= 0.6 is 12.4 Å². The van der Waals surface area contributed by atoms with Gasteiger partial charge in [0.25, 0.3) is 0 Å². The van der Waals surface area contributed by atoms with Gasteiger partial charge in [-0.25, -0.2) is 8.42 Å². The van der Waals surface area contributed by atoms with Crippen LogP contribution in [0.3, 0.4) is 0 Å². The van der Waals surface area contributed by atoms with Gasteiger partial charge in [0.05, 0.1) is 19.1 Å². The van der Waals surface area contributed by atoms with Crippen molar-refractivity contribution in [3.8, 4) is 17.0 Å². The summed E-state index contributed by atoms with van der Waals surface area (Å²) in [5, 5.41) is 0. The Morgan fingerprint density at radius 1 is 1.29 bits per heavy atom. The molecule has 1 aliphatic rings. The minimum atomic E-state index is -3.34. The zero-order valence-corrected chi connectivity index (χ0v) is 15.0. The van der Waals surface area contributed by atoms with Crippen molar-refractivity contribution in [3.05, 3.63) is 42.1 Å². The number of hydrogen-bond acceptors (Lipinski definition) is 5. The molecule has 1 aliphatic carbocycles. The summed E-state index contributed by atoms with van der Waals surface area (Å²) in [5.41, 5.74) is 8.91. The van der Waals surface area contributed by atoms with Crippen molar-refractivity contribution in [1.29, 1.82) is 0 Å². The second kappa shape index (κ2) is 6.96. The summed E-state index contributed by atoms with van der Waals surface area (Å²) in [6.07, 6.45) is 3.93. The minimum Gasteiger partial charge on any atom is -0.496 e. The molecule has 0 amide bonds. The van der Waals surface area contributed by atoms with Gasteiger partial charge >= 0.3 is 0 Å². The second-order valence-corrected chi connectivity index (χ2v) is 7.52. The summed E-state index contributed by atoms with van der Waals surface area (Å²) in [6, 6.07) is 9.24. The van der Waals surface area contributed by atoms with Crippen LogP contribution in [0.1, 0.15) is 17.9 Å². The van der Waals surface area contributed by atoms with Crippen molar-refractivity contribution in [1.82, 2.24) is 4.98 Å². The molecule has 1 saturated carbocycles. The van der Waals surface area contributed by atoms with E-state index in [-0.39, 0.29) is 18.4 Å². The molecule has 0 unspecified atom stereocenters. The molecular weight excluding hydrogens is 350 g/mol. The Kier molecular flexibility index (Phi) is 5.37. The van der Waals surface area contributed by atoms with E-state index in [1.165, 1.54) is 0 Å². The van der Waals surface area contributed by atoms with Crippen molar-refractivity contribution in [2.24, 2.45) is 5.73 Å². The predicted molar refractivity (Wildman–Crippen MR) is 97.3 cm³/mol. The lowest BCUT2D eigenvalue weighted by atomic mass is 10.1. The van der Waals surface area contributed by atoms with Gasteiger partial charge in [-0.1, -0.05) is 6.07 Å². The minimum absolute atomic E-state index is 0. The maximum atomic E-state index is 11.4. The molecular formula is C16H20ClN3O3S. The molecule has 0 aliphatic heterocycles. The smallest absolute Gasteiger partial charge is 0.229 e. The molecule has 1 fully saturated rings. The molecule has 24 heavy (non-hydrogen) atoms. The van der Waals surface area contributed by atoms with Gasteiger partial charge in [0, 0.05) is 29.4 Å². The van der Waals surface area contributed by atoms with E-state index in [0.717, 1.165) is 29.5 Å². The first-order chi connectivity index (χ1) is 10.9. The topological polar surface area (TPSA) is 94.3 Å². The number of aromatic nitrogens is 1. The predicted octanol–water partition coefficient (Wildman–Crippen LogP) is 2.37. The van der Waals surface area contributed by atoms with E-state index in [1.54, 1.807) is 25.3 Å². The van der Waals surface area contributed by atoms with Crippen LogP contribution < -0.4 is 15.2 Å². The quantitative estimate of drug-likeness (QED) is 0.843. The zero-order chi connectivity index (χ0) is 16.6. The van der Waals surface area contributed by atoms with Crippen LogP contribution in [0.4, 0.5) is 5.69 Å². The number of benzene rings is 1. The highest BCUT2D eigenvalue weighted by molar-refractivity contribution is 7.92. The largest absolute Gasteiger partial charge is 0.496 e. The molecule has 2 aromatic rings. The first kappa shape index (κ1) is 18.5. The Balaban J connectivity index is 0.00000208. The van der Waals surface area contributed by atoms with E-state index in [0.29, 0.717) is 17.4 Å². The summed E-state index contributed by atoms with van der Waals surface area (Å²) in [4.78, 5) is 4.48. The van der Waals surface area contributed by atoms with E-state index >= 15 is 0 Å². The van der Waals surface area contributed by atoms with Gasteiger partial charge in [-0.15, -0.1) is 12.4 Å². The first-order valence-electron chi connectivity index (χ1n) is 7.25. The van der Waals surface area contributed by atoms with Gasteiger partial charge < -0.3 is 10.5 Å². The average Bonchev–Trinajstić information content (AvgIpc) is 3.23. The number of nitrogens with two attached hydrogens (primary N) is 1. The Morgan fingerprint density at radius 2 is 2.00 bits per heavy atom. The van der Waals surface area contributed by atoms with Gasteiger partial charge in [0.1, 0.15) is 5.75 Å². The number of nitrogens with one attached hydrogen (secondary N) is 1. The molecule has 3 rings (SSSR count). The highest BCUT2D eigenvalue weighted by Gasteiger charge is 2.34. The maximum absolute atomic E-state index is 11.4. The molecule has 1 aromatic heterocycles. The Labute approximate surface area is 147 Å². The van der Waals surface area contributed by atoms with E-state index in [9.17, 15) is 8.42 Å². The lowest BCUT2D eigenvalue weighted by molar-refractivity contribution is 0.416. The van der Waals surface area contributed by atoms with Crippen molar-refractivity contribution >= 4 is 28.1 Å². The lowest BCUT2D eigenvalue weighted by Crippen LogP contribution is -2.09. The summed E-state index contributed by atoms with van der Waals surface area (Å²) >= 11 is 0. The average molecular weight is 370 g/mol. The third kappa shape index (κ3) is 4.17. The normalized spacial score (nSPS) is 19.3. The molecule has 1 aromatic carbocycles. The van der Waals surface area contributed by atoms with Crippen LogP contribution in [-0.2, 0) is 10.0 Å². The highest BCUT2D eigenvalue weighted by atomic mass is 35.5. The van der Waals surface area contributed by atoms with Crippen molar-refractivity contribution in [2.45, 2.75) is 18.4 Å². The van der Waals surface area contributed by atoms with E-state index in [1.807, 2.05) is 18.3 Å². The molecule has 3 N–H and O–H groups in total. The molecule has 130 valence electrons. The number of anilines is 1. The maximum Gasteiger partial charge on any atom is 0.229 e. The van der Waals surface area contributed by atoms with Gasteiger partial charge in [-0.2, -0.15) is 0 Å². The van der Waals surface area contributed by atoms with Gasteiger partial charge in [0.15, 0.2) is 0 Å². The molecule has 0 saturated heterocycles. The summed E-state index contributed by atoms with van der Waals surface area (Å²) in [6.45, 7) is 0. The van der Waals surface area contributed by atoms with Gasteiger partial charge in [0.2, 0.25) is 10.0 Å². The number of methoxy groups -OCH3 is 1. The second-order valence-electron chi connectivity index (χ2n) is 5.77. The van der Waals surface area contributed by atoms with Crippen LogP contribution in [0.2, 0.25) is 0 Å². The third-order valence-corrected chi connectivity index (χ3v) is 4.44. The number of ether oxygens (including phenoxy) is 1. The summed E-state index contributed by atoms with van der Waals surface area (Å²) < 4.78 is 30.6. The van der Waals surface area contributed by atoms with Crippen LogP contribution in [0, 0.1) is 0 Å². The SMILES string of the molecule is COc1ccc(NS(C)(=O)=O)cc1-c1ccc([C@@H]2C[C@H]2N)cn1.Cl. The molecule has 6 nitrogen and oxygen atoms in total. The number of rotatable bonds is 5. The zero-order valence-electron chi connectivity index (χ0n) is 13.4. The van der Waals surface area contributed by atoms with Gasteiger partial charge in [-0.3, -0.25) is 9.71 Å². The van der Waals surface area contributed by atoms with Crippen LogP contribution in [-0.4, -0.2) is 32.8 Å². The monoisotopic (exact) mass is 369 g/mol. The summed E-state index contributed by atoms with van der Waals surface area (Å²) in [5.74, 6) is 1.03. The fourth-order valence-electron chi connectivity index (χ4n) is 2.57. The molecule has 8 heteroatoms. The Morgan fingerprint density at radius 3 is 2.50 bits per heavy atom. The fourth-order valence-corrected chi connectivity index (χ4v) is 3.12. The fraction of sp³-hybridized carbons (Fsp3) is 0.312. The number of sulfonamides is 1. The Bertz CT molecular complexity index is 825. The molecule has 2 atom stereocenters. The Hall–Kier alpha value is -1.83. The van der Waals surface area contributed by atoms with Crippen molar-refractivity contribution in [2.75, 3.05) is 18.1 Å². The first-order valence-corrected chi connectivity index (χ1v) is 9.14. The van der Waals surface area contributed by atoms with Gasteiger partial charge in [-0.05, 0) is 36.2 Å². The molecule has 1 heterocycles. The number of hydrogen-bond donors (Lipinski definition) is 2. The standard InChI is InChI=1S/C16H19N3O3S.ClH/c1-22-16-6-4-11(19-23(2,20)21)7-13(16)15-5-3-10(9-18-15)12-8-14(12)17;/h3-7,9,12,14,19H,8,17H2,1-2H3;1H/t12-,14+;/m0./s1. The van der Waals surface area contributed by atoms with E-state index in [4.69, 9.17) is 10.5 Å². The number of nitrogens with zero attached hydrogens (tertiary/aromatic N) is 1. The molecule has 0 radical (unpaired) electrons. The van der Waals surface area contributed by atoms with Crippen LogP contribution in [0.5, 0.6) is 5.75 Å². The van der Waals surface area contributed by atoms with E-state index < -0.39 is 10.0 Å². The molecule has 0 spiro atoms. The summed E-state index contributed by atoms with van der Waals surface area (Å²) in [7, 11) is -1.77. The van der Waals surface area contributed by atoms with E-state index in [2.05, 4.69) is 9.71 Å².